The van der Waals surface area contributed by atoms with Crippen LogP contribution in [-0.4, -0.2) is 39.0 Å². The first kappa shape index (κ1) is 16.3. The number of aryl methyl sites for hydroxylation is 1. The fourth-order valence-corrected chi connectivity index (χ4v) is 4.55. The average Bonchev–Trinajstić information content (AvgIpc) is 2.85. The number of benzene rings is 1. The first-order valence-corrected chi connectivity index (χ1v) is 8.90. The largest absolute Gasteiger partial charge is 0.398 e. The van der Waals surface area contributed by atoms with Crippen molar-refractivity contribution in [2.24, 2.45) is 0 Å². The van der Waals surface area contributed by atoms with Gasteiger partial charge in [-0.2, -0.15) is 0 Å². The van der Waals surface area contributed by atoms with Crippen LogP contribution in [0.3, 0.4) is 0 Å². The number of sulfonamides is 1. The fraction of sp³-hybridized carbons (Fsp3) is 0.600. The lowest BCUT2D eigenvalue weighted by Gasteiger charge is -2.22. The quantitative estimate of drug-likeness (QED) is 0.811. The minimum Gasteiger partial charge on any atom is -0.398 e. The Bertz CT molecular complexity index is 608. The van der Waals surface area contributed by atoms with Crippen LogP contribution in [0.1, 0.15) is 30.9 Å². The maximum Gasteiger partial charge on any atom is 0.243 e. The Kier molecular flexibility index (Phi) is 4.91. The summed E-state index contributed by atoms with van der Waals surface area (Å²) in [5.41, 5.74) is 7.84. The monoisotopic (exact) mass is 311 g/mol. The molecule has 1 heterocycles. The number of hydrogen-bond acceptors (Lipinski definition) is 4. The molecule has 0 aliphatic carbocycles. The van der Waals surface area contributed by atoms with Crippen LogP contribution in [-0.2, 0) is 10.0 Å². The zero-order valence-electron chi connectivity index (χ0n) is 13.0. The van der Waals surface area contributed by atoms with E-state index in [0.29, 0.717) is 5.69 Å². The van der Waals surface area contributed by atoms with E-state index < -0.39 is 10.0 Å². The second kappa shape index (κ2) is 6.34. The van der Waals surface area contributed by atoms with Gasteiger partial charge in [-0.05, 0) is 63.9 Å². The Morgan fingerprint density at radius 3 is 2.52 bits per heavy atom. The molecule has 0 bridgehead atoms. The van der Waals surface area contributed by atoms with Gasteiger partial charge in [0.2, 0.25) is 10.0 Å². The van der Waals surface area contributed by atoms with Gasteiger partial charge >= 0.3 is 0 Å². The molecule has 1 saturated heterocycles. The van der Waals surface area contributed by atoms with E-state index in [1.165, 1.54) is 12.8 Å². The van der Waals surface area contributed by atoms with Crippen LogP contribution in [0.25, 0.3) is 0 Å². The van der Waals surface area contributed by atoms with Gasteiger partial charge in [-0.1, -0.05) is 6.07 Å². The summed E-state index contributed by atoms with van der Waals surface area (Å²) in [6, 6.07) is 3.37. The van der Waals surface area contributed by atoms with Crippen molar-refractivity contribution in [3.05, 3.63) is 23.3 Å². The van der Waals surface area contributed by atoms with Crippen LogP contribution in [0, 0.1) is 13.8 Å². The van der Waals surface area contributed by atoms with E-state index >= 15 is 0 Å². The van der Waals surface area contributed by atoms with Crippen molar-refractivity contribution in [1.82, 2.24) is 9.62 Å². The highest BCUT2D eigenvalue weighted by molar-refractivity contribution is 7.89. The van der Waals surface area contributed by atoms with Crippen LogP contribution in [0.4, 0.5) is 5.69 Å². The smallest absolute Gasteiger partial charge is 0.243 e. The van der Waals surface area contributed by atoms with Crippen molar-refractivity contribution in [2.75, 3.05) is 25.4 Å². The third-order valence-electron chi connectivity index (χ3n) is 4.06. The van der Waals surface area contributed by atoms with Gasteiger partial charge in [0.15, 0.2) is 0 Å². The molecule has 21 heavy (non-hydrogen) atoms. The Morgan fingerprint density at radius 1 is 1.29 bits per heavy atom. The van der Waals surface area contributed by atoms with Gasteiger partial charge < -0.3 is 10.6 Å². The number of hydrogen-bond donors (Lipinski definition) is 2. The fourth-order valence-electron chi connectivity index (χ4n) is 2.88. The van der Waals surface area contributed by atoms with E-state index in [9.17, 15) is 8.42 Å². The van der Waals surface area contributed by atoms with Gasteiger partial charge in [-0.15, -0.1) is 0 Å². The summed E-state index contributed by atoms with van der Waals surface area (Å²) in [5.74, 6) is 0. The molecule has 0 aromatic heterocycles. The van der Waals surface area contributed by atoms with E-state index in [2.05, 4.69) is 9.62 Å². The highest BCUT2D eigenvalue weighted by Crippen LogP contribution is 2.25. The molecule has 1 fully saturated rings. The van der Waals surface area contributed by atoms with Crippen LogP contribution >= 0.6 is 0 Å². The van der Waals surface area contributed by atoms with Crippen molar-refractivity contribution in [3.8, 4) is 0 Å². The van der Waals surface area contributed by atoms with E-state index in [1.54, 1.807) is 13.0 Å². The SMILES string of the molecule is Cc1ccc(N)c(S(=O)(=O)NC(C)CN2CCCC2)c1C. The van der Waals surface area contributed by atoms with E-state index in [1.807, 2.05) is 19.9 Å². The maximum absolute atomic E-state index is 12.6. The summed E-state index contributed by atoms with van der Waals surface area (Å²) in [5, 5.41) is 0. The summed E-state index contributed by atoms with van der Waals surface area (Å²) in [7, 11) is -3.59. The molecule has 1 aliphatic heterocycles. The number of nitrogens with zero attached hydrogens (tertiary/aromatic N) is 1. The highest BCUT2D eigenvalue weighted by atomic mass is 32.2. The second-order valence-electron chi connectivity index (χ2n) is 5.96. The molecule has 6 heteroatoms. The third kappa shape index (κ3) is 3.75. The number of anilines is 1. The van der Waals surface area contributed by atoms with Crippen LogP contribution in [0.15, 0.2) is 17.0 Å². The standard InChI is InChI=1S/C15H25N3O2S/c1-11-6-7-14(16)15(13(11)3)21(19,20)17-12(2)10-18-8-4-5-9-18/h6-7,12,17H,4-5,8-10,16H2,1-3H3. The summed E-state index contributed by atoms with van der Waals surface area (Å²) < 4.78 is 28.0. The summed E-state index contributed by atoms with van der Waals surface area (Å²) in [6.07, 6.45) is 2.40. The normalized spacial score (nSPS) is 18.0. The van der Waals surface area contributed by atoms with Crippen LogP contribution in [0.5, 0.6) is 0 Å². The Hall–Kier alpha value is -1.11. The lowest BCUT2D eigenvalue weighted by atomic mass is 10.1. The van der Waals surface area contributed by atoms with Crippen LogP contribution < -0.4 is 10.5 Å². The van der Waals surface area contributed by atoms with Gasteiger partial charge in [0.25, 0.3) is 0 Å². The molecule has 118 valence electrons. The van der Waals surface area contributed by atoms with E-state index in [-0.39, 0.29) is 10.9 Å². The Morgan fingerprint density at radius 2 is 1.90 bits per heavy atom. The van der Waals surface area contributed by atoms with Gasteiger partial charge in [-0.3, -0.25) is 0 Å². The van der Waals surface area contributed by atoms with Gasteiger partial charge in [0.05, 0.1) is 5.69 Å². The predicted octanol–water partition coefficient (Wildman–Crippen LogP) is 1.65. The molecule has 5 nitrogen and oxygen atoms in total. The molecule has 1 atom stereocenters. The van der Waals surface area contributed by atoms with Gasteiger partial charge in [-0.25, -0.2) is 13.1 Å². The van der Waals surface area contributed by atoms with Crippen molar-refractivity contribution < 1.29 is 8.42 Å². The van der Waals surface area contributed by atoms with Gasteiger partial charge in [0, 0.05) is 12.6 Å². The number of nitrogens with one attached hydrogen (secondary N) is 1. The van der Waals surface area contributed by atoms with Crippen molar-refractivity contribution >= 4 is 15.7 Å². The molecule has 1 unspecified atom stereocenters. The van der Waals surface area contributed by atoms with Crippen molar-refractivity contribution in [1.29, 1.82) is 0 Å². The number of nitrogen functional groups attached to an aromatic ring is 1. The molecular weight excluding hydrogens is 286 g/mol. The predicted molar refractivity (Wildman–Crippen MR) is 85.8 cm³/mol. The molecule has 1 aliphatic rings. The van der Waals surface area contributed by atoms with Crippen LogP contribution in [0.2, 0.25) is 0 Å². The zero-order chi connectivity index (χ0) is 15.6. The van der Waals surface area contributed by atoms with E-state index in [0.717, 1.165) is 30.8 Å². The minimum absolute atomic E-state index is 0.132. The minimum atomic E-state index is -3.59. The zero-order valence-corrected chi connectivity index (χ0v) is 13.8. The Labute approximate surface area is 127 Å². The lowest BCUT2D eigenvalue weighted by molar-refractivity contribution is 0.313. The first-order chi connectivity index (χ1) is 9.81. The molecular formula is C15H25N3O2S. The van der Waals surface area contributed by atoms with Crippen molar-refractivity contribution in [2.45, 2.75) is 44.6 Å². The number of nitrogens with two attached hydrogens (primary N) is 1. The third-order valence-corrected chi connectivity index (χ3v) is 5.86. The van der Waals surface area contributed by atoms with Crippen molar-refractivity contribution in [3.63, 3.8) is 0 Å². The van der Waals surface area contributed by atoms with E-state index in [4.69, 9.17) is 5.73 Å². The van der Waals surface area contributed by atoms with Gasteiger partial charge in [0.1, 0.15) is 4.90 Å². The second-order valence-corrected chi connectivity index (χ2v) is 7.61. The maximum atomic E-state index is 12.6. The molecule has 0 spiro atoms. The molecule has 0 amide bonds. The molecule has 0 radical (unpaired) electrons. The average molecular weight is 311 g/mol. The summed E-state index contributed by atoms with van der Waals surface area (Å²) in [6.45, 7) is 8.43. The molecule has 0 saturated carbocycles. The molecule has 1 aromatic carbocycles. The highest BCUT2D eigenvalue weighted by Gasteiger charge is 2.24. The topological polar surface area (TPSA) is 75.4 Å². The first-order valence-electron chi connectivity index (χ1n) is 7.41. The molecule has 3 N–H and O–H groups in total. The summed E-state index contributed by atoms with van der Waals surface area (Å²) in [4.78, 5) is 2.51. The number of likely N-dealkylation sites (tertiary alicyclic amines) is 1. The number of rotatable bonds is 5. The molecule has 1 aromatic rings. The molecule has 2 rings (SSSR count). The lowest BCUT2D eigenvalue weighted by Crippen LogP contribution is -2.41. The Balaban J connectivity index is 2.16. The summed E-state index contributed by atoms with van der Waals surface area (Å²) >= 11 is 0.